The van der Waals surface area contributed by atoms with Gasteiger partial charge in [0.1, 0.15) is 0 Å². The van der Waals surface area contributed by atoms with Crippen molar-refractivity contribution in [2.75, 3.05) is 30.8 Å². The third kappa shape index (κ3) is 4.23. The number of piperidine rings is 1. The Morgan fingerprint density at radius 1 is 1.25 bits per heavy atom. The first-order valence-electron chi connectivity index (χ1n) is 7.40. The first-order valence-corrected chi connectivity index (χ1v) is 7.40. The topological polar surface area (TPSA) is 44.4 Å². The van der Waals surface area contributed by atoms with E-state index in [4.69, 9.17) is 0 Å². The van der Waals surface area contributed by atoms with Gasteiger partial charge in [0.2, 0.25) is 5.91 Å². The lowest BCUT2D eigenvalue weighted by Crippen LogP contribution is -2.36. The summed E-state index contributed by atoms with van der Waals surface area (Å²) in [6.07, 6.45) is 2.33. The van der Waals surface area contributed by atoms with E-state index in [0.717, 1.165) is 24.5 Å². The van der Waals surface area contributed by atoms with E-state index < -0.39 is 0 Å². The minimum atomic E-state index is 0.000460. The third-order valence-electron chi connectivity index (χ3n) is 3.74. The second kappa shape index (κ2) is 6.75. The molecule has 0 spiro atoms. The minimum absolute atomic E-state index is 0.000460. The van der Waals surface area contributed by atoms with E-state index >= 15 is 0 Å². The number of amides is 1. The average molecular weight is 275 g/mol. The van der Waals surface area contributed by atoms with Gasteiger partial charge in [0, 0.05) is 23.3 Å². The fraction of sp³-hybridized carbons (Fsp3) is 0.562. The second-order valence-corrected chi connectivity index (χ2v) is 5.95. The number of anilines is 2. The molecule has 1 amide bonds. The molecular weight excluding hydrogens is 250 g/mol. The number of carbonyl (C=O) groups is 1. The summed E-state index contributed by atoms with van der Waals surface area (Å²) >= 11 is 0. The van der Waals surface area contributed by atoms with Crippen LogP contribution in [0.3, 0.4) is 0 Å². The van der Waals surface area contributed by atoms with Gasteiger partial charge in [-0.2, -0.15) is 0 Å². The molecule has 0 saturated carbocycles. The first kappa shape index (κ1) is 14.9. The molecule has 2 N–H and O–H groups in total. The molecule has 0 radical (unpaired) electrons. The predicted octanol–water partition coefficient (Wildman–Crippen LogP) is 2.79. The summed E-state index contributed by atoms with van der Waals surface area (Å²) in [5.74, 6) is 0.0574. The number of rotatable bonds is 4. The van der Waals surface area contributed by atoms with Crippen LogP contribution in [0, 0.1) is 5.92 Å². The molecule has 2 rings (SSSR count). The van der Waals surface area contributed by atoms with E-state index in [1.807, 2.05) is 32.0 Å². The Morgan fingerprint density at radius 3 is 2.55 bits per heavy atom. The number of hydrogen-bond donors (Lipinski definition) is 2. The quantitative estimate of drug-likeness (QED) is 0.888. The summed E-state index contributed by atoms with van der Waals surface area (Å²) < 4.78 is 0. The van der Waals surface area contributed by atoms with Crippen molar-refractivity contribution < 1.29 is 4.79 Å². The van der Waals surface area contributed by atoms with Crippen LogP contribution in [0.4, 0.5) is 11.4 Å². The van der Waals surface area contributed by atoms with Gasteiger partial charge in [0.05, 0.1) is 0 Å². The molecule has 0 bridgehead atoms. The maximum absolute atomic E-state index is 11.7. The van der Waals surface area contributed by atoms with Gasteiger partial charge in [-0.25, -0.2) is 0 Å². The Bertz CT molecular complexity index is 451. The highest BCUT2D eigenvalue weighted by Crippen LogP contribution is 2.19. The van der Waals surface area contributed by atoms with Crippen LogP contribution in [0.5, 0.6) is 0 Å². The molecule has 0 unspecified atom stereocenters. The summed E-state index contributed by atoms with van der Waals surface area (Å²) in [7, 11) is 2.16. The van der Waals surface area contributed by atoms with E-state index in [1.54, 1.807) is 0 Å². The molecule has 4 heteroatoms. The van der Waals surface area contributed by atoms with Crippen LogP contribution in [0.2, 0.25) is 0 Å². The van der Waals surface area contributed by atoms with E-state index in [2.05, 4.69) is 28.6 Å². The Morgan fingerprint density at radius 2 is 1.90 bits per heavy atom. The SMILES string of the molecule is CC(C)C(=O)Nc1cccc(NC2CCN(C)CC2)c1. The van der Waals surface area contributed by atoms with Crippen LogP contribution in [0.1, 0.15) is 26.7 Å². The van der Waals surface area contributed by atoms with E-state index in [1.165, 1.54) is 12.8 Å². The minimum Gasteiger partial charge on any atom is -0.382 e. The highest BCUT2D eigenvalue weighted by molar-refractivity contribution is 5.92. The Balaban J connectivity index is 1.94. The van der Waals surface area contributed by atoms with Crippen LogP contribution in [0.15, 0.2) is 24.3 Å². The normalized spacial score (nSPS) is 17.2. The van der Waals surface area contributed by atoms with Crippen molar-refractivity contribution in [3.8, 4) is 0 Å². The van der Waals surface area contributed by atoms with Crippen molar-refractivity contribution in [1.82, 2.24) is 4.90 Å². The summed E-state index contributed by atoms with van der Waals surface area (Å²) in [6.45, 7) is 6.08. The fourth-order valence-electron chi connectivity index (χ4n) is 2.36. The summed E-state index contributed by atoms with van der Waals surface area (Å²) in [4.78, 5) is 14.1. The molecule has 1 aromatic carbocycles. The molecule has 1 heterocycles. The van der Waals surface area contributed by atoms with Crippen molar-refractivity contribution in [2.24, 2.45) is 5.92 Å². The van der Waals surface area contributed by atoms with Crippen LogP contribution >= 0.6 is 0 Å². The number of nitrogens with zero attached hydrogens (tertiary/aromatic N) is 1. The van der Waals surface area contributed by atoms with Crippen LogP contribution in [0.25, 0.3) is 0 Å². The number of hydrogen-bond acceptors (Lipinski definition) is 3. The zero-order valence-electron chi connectivity index (χ0n) is 12.6. The van der Waals surface area contributed by atoms with Crippen molar-refractivity contribution in [2.45, 2.75) is 32.7 Å². The molecule has 20 heavy (non-hydrogen) atoms. The van der Waals surface area contributed by atoms with Gasteiger partial charge >= 0.3 is 0 Å². The molecule has 1 fully saturated rings. The lowest BCUT2D eigenvalue weighted by molar-refractivity contribution is -0.118. The molecule has 110 valence electrons. The predicted molar refractivity (Wildman–Crippen MR) is 84.1 cm³/mol. The van der Waals surface area contributed by atoms with Crippen molar-refractivity contribution in [3.63, 3.8) is 0 Å². The number of benzene rings is 1. The Kier molecular flexibility index (Phi) is 5.01. The van der Waals surface area contributed by atoms with Crippen LogP contribution in [-0.4, -0.2) is 37.0 Å². The number of nitrogens with one attached hydrogen (secondary N) is 2. The Labute approximate surface area is 121 Å². The molecule has 0 aromatic heterocycles. The lowest BCUT2D eigenvalue weighted by atomic mass is 10.1. The molecule has 0 aliphatic carbocycles. The van der Waals surface area contributed by atoms with Crippen LogP contribution < -0.4 is 10.6 Å². The van der Waals surface area contributed by atoms with Gasteiger partial charge in [0.15, 0.2) is 0 Å². The van der Waals surface area contributed by atoms with E-state index in [-0.39, 0.29) is 11.8 Å². The lowest BCUT2D eigenvalue weighted by Gasteiger charge is -2.30. The van der Waals surface area contributed by atoms with Crippen molar-refractivity contribution >= 4 is 17.3 Å². The first-order chi connectivity index (χ1) is 9.54. The van der Waals surface area contributed by atoms with Crippen molar-refractivity contribution in [3.05, 3.63) is 24.3 Å². The molecule has 1 aliphatic heterocycles. The number of likely N-dealkylation sites (tertiary alicyclic amines) is 1. The maximum Gasteiger partial charge on any atom is 0.226 e. The van der Waals surface area contributed by atoms with Gasteiger partial charge in [-0.05, 0) is 51.2 Å². The fourth-order valence-corrected chi connectivity index (χ4v) is 2.36. The van der Waals surface area contributed by atoms with E-state index in [0.29, 0.717) is 6.04 Å². The van der Waals surface area contributed by atoms with Gasteiger partial charge in [-0.1, -0.05) is 19.9 Å². The standard InChI is InChI=1S/C16H25N3O/c1-12(2)16(20)18-15-6-4-5-14(11-15)17-13-7-9-19(3)10-8-13/h4-6,11-13,17H,7-10H2,1-3H3,(H,18,20). The molecule has 0 atom stereocenters. The zero-order valence-corrected chi connectivity index (χ0v) is 12.6. The van der Waals surface area contributed by atoms with Gasteiger partial charge in [-0.15, -0.1) is 0 Å². The molecule has 1 saturated heterocycles. The second-order valence-electron chi connectivity index (χ2n) is 5.95. The van der Waals surface area contributed by atoms with Gasteiger partial charge in [0.25, 0.3) is 0 Å². The molecule has 1 aromatic rings. The summed E-state index contributed by atoms with van der Waals surface area (Å²) in [5, 5.41) is 6.51. The average Bonchev–Trinajstić information content (AvgIpc) is 2.42. The zero-order chi connectivity index (χ0) is 14.5. The summed E-state index contributed by atoms with van der Waals surface area (Å²) in [6, 6.07) is 8.51. The van der Waals surface area contributed by atoms with Gasteiger partial charge in [-0.3, -0.25) is 4.79 Å². The maximum atomic E-state index is 11.7. The molecule has 4 nitrogen and oxygen atoms in total. The van der Waals surface area contributed by atoms with Crippen molar-refractivity contribution in [1.29, 1.82) is 0 Å². The molecular formula is C16H25N3O. The highest BCUT2D eigenvalue weighted by Gasteiger charge is 2.16. The van der Waals surface area contributed by atoms with Gasteiger partial charge < -0.3 is 15.5 Å². The monoisotopic (exact) mass is 275 g/mol. The smallest absolute Gasteiger partial charge is 0.226 e. The third-order valence-corrected chi connectivity index (χ3v) is 3.74. The van der Waals surface area contributed by atoms with E-state index in [9.17, 15) is 4.79 Å². The Hall–Kier alpha value is -1.55. The highest BCUT2D eigenvalue weighted by atomic mass is 16.1. The summed E-state index contributed by atoms with van der Waals surface area (Å²) in [5.41, 5.74) is 1.95. The largest absolute Gasteiger partial charge is 0.382 e. The number of carbonyl (C=O) groups excluding carboxylic acids is 1. The van der Waals surface area contributed by atoms with Crippen LogP contribution in [-0.2, 0) is 4.79 Å². The molecule has 1 aliphatic rings.